The molecule has 0 bridgehead atoms. The van der Waals surface area contributed by atoms with Gasteiger partial charge in [0.1, 0.15) is 4.88 Å². The lowest BCUT2D eigenvalue weighted by atomic mass is 10.1. The van der Waals surface area contributed by atoms with E-state index < -0.39 is 0 Å². The van der Waals surface area contributed by atoms with Crippen molar-refractivity contribution in [3.63, 3.8) is 0 Å². The Morgan fingerprint density at radius 2 is 1.35 bits per heavy atom. The van der Waals surface area contributed by atoms with Gasteiger partial charge >= 0.3 is 0 Å². The third-order valence-corrected chi connectivity index (χ3v) is 6.19. The third-order valence-electron chi connectivity index (χ3n) is 4.52. The number of amides is 1. The zero-order valence-electron chi connectivity index (χ0n) is 16.5. The first-order chi connectivity index (χ1) is 15.2. The standard InChI is InChI=1S/C26H19ClN2OS/c27-24-22-13-7-8-14-23(22)31-25(24)26(30)29-28-21(17-15-19-9-3-1-4-10-19)18-16-20-11-5-2-6-12-20/h1-18H,(H,29,30)/b17-15+,18-16+. The molecule has 0 saturated carbocycles. The van der Waals surface area contributed by atoms with Gasteiger partial charge in [-0.05, 0) is 29.3 Å². The number of carbonyl (C=O) groups is 1. The Morgan fingerprint density at radius 1 is 0.806 bits per heavy atom. The van der Waals surface area contributed by atoms with Gasteiger partial charge in [-0.3, -0.25) is 4.79 Å². The highest BCUT2D eigenvalue weighted by atomic mass is 35.5. The fraction of sp³-hybridized carbons (Fsp3) is 0. The number of benzene rings is 3. The minimum Gasteiger partial charge on any atom is -0.266 e. The van der Waals surface area contributed by atoms with E-state index >= 15 is 0 Å². The predicted octanol–water partition coefficient (Wildman–Crippen LogP) is 7.07. The number of halogens is 1. The molecule has 0 radical (unpaired) electrons. The van der Waals surface area contributed by atoms with Crippen molar-refractivity contribution in [1.82, 2.24) is 5.43 Å². The molecule has 1 aromatic heterocycles. The van der Waals surface area contributed by atoms with Crippen LogP contribution in [0.1, 0.15) is 20.8 Å². The molecule has 0 aliphatic heterocycles. The minimum atomic E-state index is -0.329. The molecule has 0 fully saturated rings. The van der Waals surface area contributed by atoms with Crippen LogP contribution in [0.25, 0.3) is 22.2 Å². The zero-order chi connectivity index (χ0) is 21.5. The van der Waals surface area contributed by atoms with E-state index in [1.54, 1.807) is 0 Å². The summed E-state index contributed by atoms with van der Waals surface area (Å²) < 4.78 is 0.967. The lowest BCUT2D eigenvalue weighted by Crippen LogP contribution is -2.18. The van der Waals surface area contributed by atoms with Crippen LogP contribution in [0.5, 0.6) is 0 Å². The summed E-state index contributed by atoms with van der Waals surface area (Å²) in [5, 5.41) is 5.66. The summed E-state index contributed by atoms with van der Waals surface area (Å²) in [4.78, 5) is 13.2. The Bertz CT molecular complexity index is 1220. The van der Waals surface area contributed by atoms with E-state index in [4.69, 9.17) is 11.6 Å². The Kier molecular flexibility index (Phi) is 6.72. The largest absolute Gasteiger partial charge is 0.283 e. The molecule has 0 atom stereocenters. The van der Waals surface area contributed by atoms with E-state index in [2.05, 4.69) is 10.5 Å². The first-order valence-electron chi connectivity index (χ1n) is 9.72. The lowest BCUT2D eigenvalue weighted by Gasteiger charge is -2.00. The summed E-state index contributed by atoms with van der Waals surface area (Å²) in [6, 6.07) is 27.5. The summed E-state index contributed by atoms with van der Waals surface area (Å²) in [6.07, 6.45) is 7.63. The van der Waals surface area contributed by atoms with Gasteiger partial charge in [0.25, 0.3) is 5.91 Å². The molecule has 31 heavy (non-hydrogen) atoms. The van der Waals surface area contributed by atoms with Crippen LogP contribution in [0.4, 0.5) is 0 Å². The first kappa shape index (κ1) is 20.8. The molecule has 4 rings (SSSR count). The van der Waals surface area contributed by atoms with Crippen LogP contribution in [0, 0.1) is 0 Å². The van der Waals surface area contributed by atoms with Crippen LogP contribution >= 0.6 is 22.9 Å². The molecule has 1 amide bonds. The average Bonchev–Trinajstić information content (AvgIpc) is 3.16. The van der Waals surface area contributed by atoms with E-state index in [0.717, 1.165) is 21.2 Å². The number of nitrogens with one attached hydrogen (secondary N) is 1. The molecule has 0 aliphatic carbocycles. The molecule has 5 heteroatoms. The van der Waals surface area contributed by atoms with Gasteiger partial charge < -0.3 is 0 Å². The van der Waals surface area contributed by atoms with Crippen molar-refractivity contribution in [2.24, 2.45) is 5.10 Å². The number of hydrogen-bond acceptors (Lipinski definition) is 3. The summed E-state index contributed by atoms with van der Waals surface area (Å²) >= 11 is 7.78. The number of fused-ring (bicyclic) bond motifs is 1. The molecule has 0 unspecified atom stereocenters. The summed E-state index contributed by atoms with van der Waals surface area (Å²) in [5.41, 5.74) is 5.34. The second kappa shape index (κ2) is 10.0. The monoisotopic (exact) mass is 442 g/mol. The van der Waals surface area contributed by atoms with Crippen molar-refractivity contribution < 1.29 is 4.79 Å². The molecule has 152 valence electrons. The first-order valence-corrected chi connectivity index (χ1v) is 10.9. The number of nitrogens with zero attached hydrogens (tertiary/aromatic N) is 1. The Balaban J connectivity index is 1.58. The van der Waals surface area contributed by atoms with Gasteiger partial charge in [-0.2, -0.15) is 5.10 Å². The summed E-state index contributed by atoms with van der Waals surface area (Å²) in [5.74, 6) is -0.329. The maximum absolute atomic E-state index is 12.7. The molecule has 3 nitrogen and oxygen atoms in total. The summed E-state index contributed by atoms with van der Waals surface area (Å²) in [6.45, 7) is 0. The second-order valence-corrected chi connectivity index (χ2v) is 8.14. The molecule has 1 N–H and O–H groups in total. The number of hydrogen-bond donors (Lipinski definition) is 1. The van der Waals surface area contributed by atoms with Crippen molar-refractivity contribution in [1.29, 1.82) is 0 Å². The van der Waals surface area contributed by atoms with Gasteiger partial charge in [0, 0.05) is 10.1 Å². The van der Waals surface area contributed by atoms with Crippen molar-refractivity contribution in [3.8, 4) is 0 Å². The molecule has 1 heterocycles. The predicted molar refractivity (Wildman–Crippen MR) is 133 cm³/mol. The van der Waals surface area contributed by atoms with Gasteiger partial charge in [0.2, 0.25) is 0 Å². The van der Waals surface area contributed by atoms with E-state index in [9.17, 15) is 4.79 Å². The van der Waals surface area contributed by atoms with E-state index in [1.807, 2.05) is 109 Å². The van der Waals surface area contributed by atoms with Gasteiger partial charge in [0.15, 0.2) is 0 Å². The smallest absolute Gasteiger partial charge is 0.266 e. The van der Waals surface area contributed by atoms with Crippen LogP contribution in [-0.4, -0.2) is 11.6 Å². The normalized spacial score (nSPS) is 11.3. The van der Waals surface area contributed by atoms with Gasteiger partial charge in [-0.1, -0.05) is 103 Å². The van der Waals surface area contributed by atoms with Gasteiger partial charge in [0.05, 0.1) is 10.7 Å². The van der Waals surface area contributed by atoms with Crippen LogP contribution in [0.2, 0.25) is 5.02 Å². The van der Waals surface area contributed by atoms with Crippen molar-refractivity contribution in [2.45, 2.75) is 0 Å². The van der Waals surface area contributed by atoms with E-state index in [0.29, 0.717) is 15.6 Å². The van der Waals surface area contributed by atoms with E-state index in [1.165, 1.54) is 11.3 Å². The van der Waals surface area contributed by atoms with Crippen LogP contribution in [-0.2, 0) is 0 Å². The van der Waals surface area contributed by atoms with Gasteiger partial charge in [-0.25, -0.2) is 5.43 Å². The maximum Gasteiger partial charge on any atom is 0.283 e. The highest BCUT2D eigenvalue weighted by Gasteiger charge is 2.16. The summed E-state index contributed by atoms with van der Waals surface area (Å²) in [7, 11) is 0. The topological polar surface area (TPSA) is 41.5 Å². The van der Waals surface area contributed by atoms with Crippen molar-refractivity contribution in [2.75, 3.05) is 0 Å². The highest BCUT2D eigenvalue weighted by Crippen LogP contribution is 2.34. The molecule has 3 aromatic carbocycles. The van der Waals surface area contributed by atoms with Crippen molar-refractivity contribution in [3.05, 3.63) is 118 Å². The highest BCUT2D eigenvalue weighted by molar-refractivity contribution is 7.21. The molecule has 0 aliphatic rings. The Hall–Kier alpha value is -3.47. The fourth-order valence-corrected chi connectivity index (χ4v) is 4.35. The SMILES string of the molecule is O=C(NN=C(/C=C/c1ccccc1)/C=C/c1ccccc1)c1sc2ccccc2c1Cl. The second-order valence-electron chi connectivity index (χ2n) is 6.71. The number of allylic oxidation sites excluding steroid dienone is 2. The number of thiophene rings is 1. The molecular weight excluding hydrogens is 424 g/mol. The molecular formula is C26H19ClN2OS. The van der Waals surface area contributed by atoms with E-state index in [-0.39, 0.29) is 5.91 Å². The van der Waals surface area contributed by atoms with Crippen LogP contribution in [0.15, 0.2) is 102 Å². The zero-order valence-corrected chi connectivity index (χ0v) is 18.1. The fourth-order valence-electron chi connectivity index (χ4n) is 2.95. The number of hydrazone groups is 1. The van der Waals surface area contributed by atoms with Crippen molar-refractivity contribution >= 4 is 56.8 Å². The minimum absolute atomic E-state index is 0.329. The maximum atomic E-state index is 12.7. The van der Waals surface area contributed by atoms with Crippen LogP contribution in [0.3, 0.4) is 0 Å². The molecule has 0 spiro atoms. The average molecular weight is 443 g/mol. The Morgan fingerprint density at radius 3 is 1.94 bits per heavy atom. The van der Waals surface area contributed by atoms with Gasteiger partial charge in [-0.15, -0.1) is 11.3 Å². The quantitative estimate of drug-likeness (QED) is 0.252. The third kappa shape index (κ3) is 5.37. The Labute approximate surface area is 190 Å². The number of carbonyl (C=O) groups excluding carboxylic acids is 1. The lowest BCUT2D eigenvalue weighted by molar-refractivity contribution is 0.0959. The number of rotatable bonds is 6. The molecule has 0 saturated heterocycles. The van der Waals surface area contributed by atoms with Crippen LogP contribution < -0.4 is 5.43 Å². The molecule has 4 aromatic rings.